The molecule has 0 radical (unpaired) electrons. The molecule has 0 aromatic carbocycles. The van der Waals surface area contributed by atoms with Gasteiger partial charge in [0.1, 0.15) is 0 Å². The highest BCUT2D eigenvalue weighted by molar-refractivity contribution is 5.81. The fourth-order valence-corrected chi connectivity index (χ4v) is 5.33. The van der Waals surface area contributed by atoms with E-state index >= 15 is 0 Å². The van der Waals surface area contributed by atoms with Gasteiger partial charge in [0, 0.05) is 78.5 Å². The summed E-state index contributed by atoms with van der Waals surface area (Å²) in [5.41, 5.74) is 0. The summed E-state index contributed by atoms with van der Waals surface area (Å²) >= 11 is 0. The van der Waals surface area contributed by atoms with E-state index in [2.05, 4.69) is 21.3 Å². The maximum atomic E-state index is 13.5. The number of esters is 4. The summed E-state index contributed by atoms with van der Waals surface area (Å²) in [6.45, 7) is 9.12. The van der Waals surface area contributed by atoms with E-state index < -0.39 is 23.9 Å². The van der Waals surface area contributed by atoms with Gasteiger partial charge < -0.3 is 59.8 Å². The Morgan fingerprint density at radius 2 is 0.536 bits per heavy atom. The van der Waals surface area contributed by atoms with E-state index in [1.165, 1.54) is 19.6 Å². The minimum atomic E-state index is -0.395. The van der Waals surface area contributed by atoms with E-state index in [0.717, 1.165) is 0 Å². The van der Waals surface area contributed by atoms with E-state index in [0.29, 0.717) is 0 Å². The highest BCUT2D eigenvalue weighted by Crippen LogP contribution is 2.04. The van der Waals surface area contributed by atoms with Crippen molar-refractivity contribution in [3.8, 4) is 0 Å². The number of ether oxygens (including phenoxy) is 4. The number of carbonyl (C=O) groups excluding carboxylic acids is 8. The van der Waals surface area contributed by atoms with Gasteiger partial charge in [-0.05, 0) is 27.7 Å². The third-order valence-corrected chi connectivity index (χ3v) is 8.32. The van der Waals surface area contributed by atoms with Crippen molar-refractivity contribution in [1.82, 2.24) is 40.9 Å². The first-order valence-corrected chi connectivity index (χ1v) is 19.5. The van der Waals surface area contributed by atoms with Crippen LogP contribution in [-0.2, 0) is 57.3 Å². The van der Waals surface area contributed by atoms with Gasteiger partial charge in [0.2, 0.25) is 23.6 Å². The van der Waals surface area contributed by atoms with Crippen molar-refractivity contribution < 1.29 is 57.3 Å². The van der Waals surface area contributed by atoms with Crippen LogP contribution >= 0.6 is 0 Å². The number of hydrogen-bond acceptors (Lipinski definition) is 16. The Morgan fingerprint density at radius 1 is 0.357 bits per heavy atom. The lowest BCUT2D eigenvalue weighted by Crippen LogP contribution is -2.53. The molecule has 1 saturated heterocycles. The lowest BCUT2D eigenvalue weighted by Gasteiger charge is -2.35. The quantitative estimate of drug-likeness (QED) is 0.0448. The van der Waals surface area contributed by atoms with Crippen LogP contribution in [0.25, 0.3) is 0 Å². The van der Waals surface area contributed by atoms with Gasteiger partial charge in [0.05, 0.1) is 78.3 Å². The Kier molecular flexibility index (Phi) is 27.3. The molecular formula is C36H64N8O12. The standard InChI is InChI=1S/C36H64N8O12/c1-5-53-33(49)9-13-37-25-29(45)41-17-19-42(30(46)26-38-14-10-34(50)54-6-2)21-23-44(32(48)28-40-16-12-36(52)56-8-4)24-22-43(20-18-41)31(47)27-39-15-11-35(51)55-7-3/h37-40H,5-28H2,1-4H3. The SMILES string of the molecule is CCOC(=O)CCNCC(=O)N1CCN(C(=O)CNCCC(=O)OCC)CCN(C(=O)CNCCC(=O)OCC)CCN(C(=O)CNCCC(=O)OCC)CC1. The summed E-state index contributed by atoms with van der Waals surface area (Å²) in [7, 11) is 0. The molecule has 0 atom stereocenters. The van der Waals surface area contributed by atoms with Gasteiger partial charge >= 0.3 is 23.9 Å². The van der Waals surface area contributed by atoms with E-state index in [9.17, 15) is 38.4 Å². The number of nitrogens with zero attached hydrogens (tertiary/aromatic N) is 4. The predicted octanol–water partition coefficient (Wildman–Crippen LogP) is -2.51. The van der Waals surface area contributed by atoms with Gasteiger partial charge in [0.25, 0.3) is 0 Å². The first-order chi connectivity index (χ1) is 26.9. The average Bonchev–Trinajstić information content (AvgIpc) is 3.15. The van der Waals surface area contributed by atoms with Gasteiger partial charge in [0.15, 0.2) is 0 Å². The zero-order valence-corrected chi connectivity index (χ0v) is 33.7. The Hall–Kier alpha value is -4.40. The summed E-state index contributed by atoms with van der Waals surface area (Å²) in [5.74, 6) is -2.81. The van der Waals surface area contributed by atoms with Crippen molar-refractivity contribution in [2.24, 2.45) is 0 Å². The zero-order chi connectivity index (χ0) is 41.6. The van der Waals surface area contributed by atoms with E-state index in [1.54, 1.807) is 27.7 Å². The lowest BCUT2D eigenvalue weighted by molar-refractivity contribution is -0.144. The Bertz CT molecular complexity index is 1040. The van der Waals surface area contributed by atoms with Crippen LogP contribution in [-0.4, -0.2) is 198 Å². The maximum Gasteiger partial charge on any atom is 0.307 e. The Morgan fingerprint density at radius 3 is 0.696 bits per heavy atom. The van der Waals surface area contributed by atoms with Crippen molar-refractivity contribution in [1.29, 1.82) is 0 Å². The highest BCUT2D eigenvalue weighted by atomic mass is 16.5. The summed E-state index contributed by atoms with van der Waals surface area (Å²) in [6, 6.07) is 0. The predicted molar refractivity (Wildman–Crippen MR) is 203 cm³/mol. The molecule has 0 saturated carbocycles. The monoisotopic (exact) mass is 800 g/mol. The molecule has 56 heavy (non-hydrogen) atoms. The molecule has 0 aromatic rings. The Labute approximate surface area is 329 Å². The molecule has 1 rings (SSSR count). The van der Waals surface area contributed by atoms with Crippen molar-refractivity contribution >= 4 is 47.5 Å². The molecule has 20 nitrogen and oxygen atoms in total. The van der Waals surface area contributed by atoms with E-state index in [1.807, 2.05) is 0 Å². The summed E-state index contributed by atoms with van der Waals surface area (Å²) in [4.78, 5) is 107. The van der Waals surface area contributed by atoms with Crippen LogP contribution in [0, 0.1) is 0 Å². The van der Waals surface area contributed by atoms with Crippen LogP contribution in [0.2, 0.25) is 0 Å². The highest BCUT2D eigenvalue weighted by Gasteiger charge is 2.25. The van der Waals surface area contributed by atoms with Gasteiger partial charge in [-0.25, -0.2) is 0 Å². The summed E-state index contributed by atoms with van der Waals surface area (Å²) in [6.07, 6.45) is 0.310. The molecule has 0 aliphatic carbocycles. The molecule has 0 unspecified atom stereocenters. The fraction of sp³-hybridized carbons (Fsp3) is 0.778. The van der Waals surface area contributed by atoms with Crippen LogP contribution in [0.1, 0.15) is 53.4 Å². The summed E-state index contributed by atoms with van der Waals surface area (Å²) < 4.78 is 19.8. The molecule has 0 aromatic heterocycles. The van der Waals surface area contributed by atoms with E-state index in [-0.39, 0.29) is 180 Å². The molecule has 4 amide bonds. The zero-order valence-electron chi connectivity index (χ0n) is 33.7. The molecule has 20 heteroatoms. The van der Waals surface area contributed by atoms with Crippen molar-refractivity contribution in [3.05, 3.63) is 0 Å². The molecule has 1 aliphatic heterocycles. The normalized spacial score (nSPS) is 13.9. The van der Waals surface area contributed by atoms with Gasteiger partial charge in [-0.2, -0.15) is 0 Å². The summed E-state index contributed by atoms with van der Waals surface area (Å²) in [5, 5.41) is 11.8. The first kappa shape index (κ1) is 49.6. The number of amides is 4. The molecule has 1 fully saturated rings. The molecular weight excluding hydrogens is 736 g/mol. The molecule has 320 valence electrons. The fourth-order valence-electron chi connectivity index (χ4n) is 5.33. The van der Waals surface area contributed by atoms with Gasteiger partial charge in [-0.1, -0.05) is 0 Å². The van der Waals surface area contributed by atoms with Crippen LogP contribution in [0.5, 0.6) is 0 Å². The molecule has 0 spiro atoms. The van der Waals surface area contributed by atoms with Crippen LogP contribution in [0.15, 0.2) is 0 Å². The second kappa shape index (κ2) is 30.8. The molecule has 1 aliphatic rings. The van der Waals surface area contributed by atoms with Gasteiger partial charge in [-0.15, -0.1) is 0 Å². The minimum absolute atomic E-state index is 0.0775. The maximum absolute atomic E-state index is 13.5. The van der Waals surface area contributed by atoms with Crippen LogP contribution in [0.3, 0.4) is 0 Å². The largest absolute Gasteiger partial charge is 0.466 e. The molecule has 0 bridgehead atoms. The number of rotatable bonds is 24. The average molecular weight is 801 g/mol. The third-order valence-electron chi connectivity index (χ3n) is 8.32. The van der Waals surface area contributed by atoms with Crippen LogP contribution in [0.4, 0.5) is 0 Å². The van der Waals surface area contributed by atoms with E-state index in [4.69, 9.17) is 18.9 Å². The third kappa shape index (κ3) is 22.9. The second-order valence-electron chi connectivity index (χ2n) is 12.5. The molecule has 4 N–H and O–H groups in total. The van der Waals surface area contributed by atoms with Crippen molar-refractivity contribution in [2.75, 3.05) is 131 Å². The number of nitrogens with one attached hydrogen (secondary N) is 4. The number of hydrogen-bond donors (Lipinski definition) is 4. The smallest absolute Gasteiger partial charge is 0.307 e. The topological polar surface area (TPSA) is 235 Å². The first-order valence-electron chi connectivity index (χ1n) is 19.5. The number of carbonyl (C=O) groups is 8. The Balaban J connectivity index is 3.19. The second-order valence-corrected chi connectivity index (χ2v) is 12.5. The molecule has 1 heterocycles. The lowest BCUT2D eigenvalue weighted by atomic mass is 10.3. The van der Waals surface area contributed by atoms with Crippen molar-refractivity contribution in [3.63, 3.8) is 0 Å². The van der Waals surface area contributed by atoms with Gasteiger partial charge in [-0.3, -0.25) is 38.4 Å². The minimum Gasteiger partial charge on any atom is -0.466 e. The van der Waals surface area contributed by atoms with Crippen molar-refractivity contribution in [2.45, 2.75) is 53.4 Å². The van der Waals surface area contributed by atoms with Crippen LogP contribution < -0.4 is 21.3 Å².